The Morgan fingerprint density at radius 2 is 1.74 bits per heavy atom. The van der Waals surface area contributed by atoms with Gasteiger partial charge in [0.15, 0.2) is 13.1 Å². The number of carbonyl (C=O) groups excluding carboxylic acids is 2. The van der Waals surface area contributed by atoms with Gasteiger partial charge in [0.05, 0.1) is 7.05 Å². The largest absolute Gasteiger partial charge is 0.337 e. The number of halogens is 1. The SMILES string of the molecule is Cc1ccc(CN(C)C(=O)C[NH+](C)CC(=O)Nc2ccc(F)cc2)c(C)c1. The highest BCUT2D eigenvalue weighted by Crippen LogP contribution is 2.12. The van der Waals surface area contributed by atoms with Gasteiger partial charge in [0.1, 0.15) is 5.82 Å². The van der Waals surface area contributed by atoms with Crippen molar-refractivity contribution >= 4 is 17.5 Å². The molecule has 1 atom stereocenters. The highest BCUT2D eigenvalue weighted by molar-refractivity contribution is 5.91. The van der Waals surface area contributed by atoms with E-state index in [-0.39, 0.29) is 30.7 Å². The van der Waals surface area contributed by atoms with E-state index in [2.05, 4.69) is 11.4 Å². The first-order valence-corrected chi connectivity index (χ1v) is 8.91. The number of likely N-dealkylation sites (N-methyl/N-ethyl adjacent to an activating group) is 2. The van der Waals surface area contributed by atoms with Crippen LogP contribution in [0.15, 0.2) is 42.5 Å². The third kappa shape index (κ3) is 6.49. The first kappa shape index (κ1) is 20.6. The standard InChI is InChI=1S/C21H26FN3O2/c1-15-5-6-17(16(2)11-15)12-25(4)21(27)14-24(3)13-20(26)23-19-9-7-18(22)8-10-19/h5-11H,12-14H2,1-4H3,(H,23,26)/p+1. The number of quaternary nitrogens is 1. The van der Waals surface area contributed by atoms with Gasteiger partial charge in [-0.3, -0.25) is 9.59 Å². The predicted octanol–water partition coefficient (Wildman–Crippen LogP) is 1.55. The Labute approximate surface area is 159 Å². The van der Waals surface area contributed by atoms with E-state index in [9.17, 15) is 14.0 Å². The highest BCUT2D eigenvalue weighted by atomic mass is 19.1. The Hall–Kier alpha value is -2.73. The fraction of sp³-hybridized carbons (Fsp3) is 0.333. The van der Waals surface area contributed by atoms with Crippen molar-refractivity contribution in [2.75, 3.05) is 32.5 Å². The molecule has 2 amide bonds. The quantitative estimate of drug-likeness (QED) is 0.775. The molecule has 27 heavy (non-hydrogen) atoms. The molecule has 2 aromatic rings. The van der Waals surface area contributed by atoms with Gasteiger partial charge in [0.2, 0.25) is 0 Å². The molecule has 0 bridgehead atoms. The molecule has 0 aliphatic heterocycles. The lowest BCUT2D eigenvalue weighted by atomic mass is 10.1. The summed E-state index contributed by atoms with van der Waals surface area (Å²) in [7, 11) is 3.57. The summed E-state index contributed by atoms with van der Waals surface area (Å²) in [4.78, 5) is 27.0. The average molecular weight is 372 g/mol. The van der Waals surface area contributed by atoms with E-state index in [0.717, 1.165) is 16.0 Å². The Morgan fingerprint density at radius 1 is 1.07 bits per heavy atom. The summed E-state index contributed by atoms with van der Waals surface area (Å²) < 4.78 is 12.9. The van der Waals surface area contributed by atoms with E-state index in [1.807, 2.05) is 26.0 Å². The van der Waals surface area contributed by atoms with Crippen LogP contribution in [-0.2, 0) is 16.1 Å². The van der Waals surface area contributed by atoms with Crippen LogP contribution in [0.2, 0.25) is 0 Å². The van der Waals surface area contributed by atoms with Crippen molar-refractivity contribution in [3.63, 3.8) is 0 Å². The topological polar surface area (TPSA) is 53.9 Å². The maximum Gasteiger partial charge on any atom is 0.279 e. The normalized spacial score (nSPS) is 11.7. The molecule has 0 spiro atoms. The van der Waals surface area contributed by atoms with Crippen LogP contribution in [0, 0.1) is 19.7 Å². The Bertz CT molecular complexity index is 806. The summed E-state index contributed by atoms with van der Waals surface area (Å²) in [6, 6.07) is 11.8. The van der Waals surface area contributed by atoms with Crippen molar-refractivity contribution in [2.45, 2.75) is 20.4 Å². The molecule has 0 aromatic heterocycles. The number of hydrogen-bond acceptors (Lipinski definition) is 2. The second kappa shape index (κ2) is 9.28. The number of anilines is 1. The smallest absolute Gasteiger partial charge is 0.279 e. The summed E-state index contributed by atoms with van der Waals surface area (Å²) in [6.45, 7) is 5.00. The van der Waals surface area contributed by atoms with Crippen molar-refractivity contribution in [3.05, 3.63) is 65.0 Å². The number of nitrogens with one attached hydrogen (secondary N) is 2. The molecule has 0 saturated carbocycles. The Balaban J connectivity index is 1.83. The van der Waals surface area contributed by atoms with Crippen LogP contribution >= 0.6 is 0 Å². The van der Waals surface area contributed by atoms with Crippen molar-refractivity contribution in [2.24, 2.45) is 0 Å². The second-order valence-corrected chi connectivity index (χ2v) is 7.05. The molecule has 0 saturated heterocycles. The zero-order valence-electron chi connectivity index (χ0n) is 16.3. The molecule has 144 valence electrons. The molecule has 2 N–H and O–H groups in total. The zero-order chi connectivity index (χ0) is 20.0. The molecular formula is C21H27FN3O2+. The third-order valence-electron chi connectivity index (χ3n) is 4.37. The predicted molar refractivity (Wildman–Crippen MR) is 104 cm³/mol. The molecular weight excluding hydrogens is 345 g/mol. The van der Waals surface area contributed by atoms with Crippen molar-refractivity contribution in [1.29, 1.82) is 0 Å². The van der Waals surface area contributed by atoms with Crippen LogP contribution in [0.4, 0.5) is 10.1 Å². The van der Waals surface area contributed by atoms with Crippen LogP contribution in [-0.4, -0.2) is 43.9 Å². The van der Waals surface area contributed by atoms with Crippen LogP contribution in [0.5, 0.6) is 0 Å². The number of benzene rings is 2. The average Bonchev–Trinajstić information content (AvgIpc) is 2.59. The summed E-state index contributed by atoms with van der Waals surface area (Å²) in [5.74, 6) is -0.598. The van der Waals surface area contributed by atoms with Gasteiger partial charge in [-0.15, -0.1) is 0 Å². The van der Waals surface area contributed by atoms with Gasteiger partial charge in [-0.05, 0) is 49.2 Å². The third-order valence-corrected chi connectivity index (χ3v) is 4.37. The number of nitrogens with zero attached hydrogens (tertiary/aromatic N) is 1. The van der Waals surface area contributed by atoms with Gasteiger partial charge in [0.25, 0.3) is 11.8 Å². The summed E-state index contributed by atoms with van der Waals surface area (Å²) in [5.41, 5.74) is 4.01. The van der Waals surface area contributed by atoms with Gasteiger partial charge in [0, 0.05) is 19.3 Å². The maximum atomic E-state index is 12.9. The summed E-state index contributed by atoms with van der Waals surface area (Å²) in [5, 5.41) is 2.70. The van der Waals surface area contributed by atoms with Crippen molar-refractivity contribution < 1.29 is 18.9 Å². The summed E-state index contributed by atoms with van der Waals surface area (Å²) in [6.07, 6.45) is 0. The minimum Gasteiger partial charge on any atom is -0.337 e. The van der Waals surface area contributed by atoms with Gasteiger partial charge in [-0.25, -0.2) is 4.39 Å². The Morgan fingerprint density at radius 3 is 2.37 bits per heavy atom. The number of carbonyl (C=O) groups is 2. The lowest BCUT2D eigenvalue weighted by Crippen LogP contribution is -3.11. The molecule has 2 aromatic carbocycles. The van der Waals surface area contributed by atoms with Crippen LogP contribution in [0.25, 0.3) is 0 Å². The van der Waals surface area contributed by atoms with Gasteiger partial charge < -0.3 is 15.1 Å². The van der Waals surface area contributed by atoms with Crippen molar-refractivity contribution in [1.82, 2.24) is 4.90 Å². The molecule has 2 rings (SSSR count). The van der Waals surface area contributed by atoms with E-state index in [4.69, 9.17) is 0 Å². The van der Waals surface area contributed by atoms with Gasteiger partial charge in [-0.1, -0.05) is 23.8 Å². The first-order valence-electron chi connectivity index (χ1n) is 8.91. The Kier molecular flexibility index (Phi) is 7.07. The van der Waals surface area contributed by atoms with E-state index in [1.165, 1.54) is 29.8 Å². The number of rotatable bonds is 7. The number of hydrogen-bond donors (Lipinski definition) is 2. The van der Waals surface area contributed by atoms with Crippen LogP contribution in [0.3, 0.4) is 0 Å². The zero-order valence-corrected chi connectivity index (χ0v) is 16.3. The summed E-state index contributed by atoms with van der Waals surface area (Å²) >= 11 is 0. The molecule has 1 unspecified atom stereocenters. The molecule has 0 fully saturated rings. The molecule has 0 heterocycles. The van der Waals surface area contributed by atoms with Gasteiger partial charge in [-0.2, -0.15) is 0 Å². The molecule has 5 nitrogen and oxygen atoms in total. The van der Waals surface area contributed by atoms with Gasteiger partial charge >= 0.3 is 0 Å². The minimum atomic E-state index is -0.354. The molecule has 0 radical (unpaired) electrons. The fourth-order valence-electron chi connectivity index (χ4n) is 2.84. The lowest BCUT2D eigenvalue weighted by Gasteiger charge is -2.21. The van der Waals surface area contributed by atoms with E-state index >= 15 is 0 Å². The van der Waals surface area contributed by atoms with E-state index < -0.39 is 0 Å². The van der Waals surface area contributed by atoms with Crippen molar-refractivity contribution in [3.8, 4) is 0 Å². The van der Waals surface area contributed by atoms with E-state index in [1.54, 1.807) is 19.0 Å². The lowest BCUT2D eigenvalue weighted by molar-refractivity contribution is -0.862. The van der Waals surface area contributed by atoms with E-state index in [0.29, 0.717) is 12.2 Å². The number of amides is 2. The molecule has 6 heteroatoms. The molecule has 0 aliphatic rings. The first-order chi connectivity index (χ1) is 12.7. The maximum absolute atomic E-state index is 12.9. The molecule has 0 aliphatic carbocycles. The monoisotopic (exact) mass is 372 g/mol. The van der Waals surface area contributed by atoms with Crippen LogP contribution in [0.1, 0.15) is 16.7 Å². The minimum absolute atomic E-state index is 0.0259. The fourth-order valence-corrected chi connectivity index (χ4v) is 2.84. The second-order valence-electron chi connectivity index (χ2n) is 7.05. The highest BCUT2D eigenvalue weighted by Gasteiger charge is 2.18. The van der Waals surface area contributed by atoms with Crippen LogP contribution < -0.4 is 10.2 Å². The number of aryl methyl sites for hydroxylation is 2.